The average molecular weight is 348 g/mol. The number of allylic oxidation sites excluding steroid dienone is 1. The van der Waals surface area contributed by atoms with Crippen LogP contribution in [0.25, 0.3) is 6.08 Å². The van der Waals surface area contributed by atoms with Crippen molar-refractivity contribution in [3.8, 4) is 11.5 Å². The summed E-state index contributed by atoms with van der Waals surface area (Å²) in [4.78, 5) is 0. The molecule has 3 rings (SSSR count). The van der Waals surface area contributed by atoms with Crippen LogP contribution in [0.1, 0.15) is 5.56 Å². The zero-order valence-corrected chi connectivity index (χ0v) is 14.4. The van der Waals surface area contributed by atoms with Crippen molar-refractivity contribution < 1.29 is 26.5 Å². The first-order valence-electron chi connectivity index (χ1n) is 7.11. The van der Waals surface area contributed by atoms with Crippen LogP contribution in [0.2, 0.25) is 0 Å². The van der Waals surface area contributed by atoms with Crippen molar-refractivity contribution in [1.29, 1.82) is 0 Å². The van der Waals surface area contributed by atoms with Gasteiger partial charge in [-0.2, -0.15) is 0 Å². The summed E-state index contributed by atoms with van der Waals surface area (Å²) in [5, 5.41) is 0. The van der Waals surface area contributed by atoms with Crippen LogP contribution >= 0.6 is 0 Å². The molecule has 0 bridgehead atoms. The van der Waals surface area contributed by atoms with E-state index in [2.05, 4.69) is 18.9 Å². The molecule has 2 saturated carbocycles. The number of methoxy groups -OCH3 is 2. The van der Waals surface area contributed by atoms with Gasteiger partial charge in [0.25, 0.3) is 0 Å². The van der Waals surface area contributed by atoms with E-state index in [1.54, 1.807) is 14.2 Å². The van der Waals surface area contributed by atoms with Gasteiger partial charge >= 0.3 is 0 Å². The first-order chi connectivity index (χ1) is 10.8. The summed E-state index contributed by atoms with van der Waals surface area (Å²) in [5.41, 5.74) is 1.06. The van der Waals surface area contributed by atoms with Crippen LogP contribution in [0, 0.1) is 63.7 Å². The molecule has 120 valence electrons. The van der Waals surface area contributed by atoms with Gasteiger partial charge in [0, 0.05) is 29.1 Å². The van der Waals surface area contributed by atoms with Gasteiger partial charge in [0.1, 0.15) is 11.5 Å². The van der Waals surface area contributed by atoms with Crippen LogP contribution in [0.3, 0.4) is 0 Å². The molecule has 0 unspecified atom stereocenters. The summed E-state index contributed by atoms with van der Waals surface area (Å²) in [6.07, 6.45) is 22.3. The zero-order valence-electron chi connectivity index (χ0n) is 13.3. The number of hydrogen-bond donors (Lipinski definition) is 0. The first-order valence-corrected chi connectivity index (χ1v) is 7.11. The maximum atomic E-state index is 5.22. The molecular weight excluding hydrogens is 328 g/mol. The second-order valence-corrected chi connectivity index (χ2v) is 4.66. The number of rotatable bonds is 4. The molecule has 23 heavy (non-hydrogen) atoms. The van der Waals surface area contributed by atoms with Crippen molar-refractivity contribution in [3.05, 3.63) is 93.5 Å². The minimum atomic E-state index is 0. The SMILES string of the molecule is COc1cc(/C=C/[C]2[CH][CH][CH][CH]2)cc(OC)c1.[CH]1[CH][CH][CH][CH]1.[Fe]. The van der Waals surface area contributed by atoms with Gasteiger partial charge in [-0.05, 0) is 75.5 Å². The Morgan fingerprint density at radius 3 is 1.57 bits per heavy atom. The summed E-state index contributed by atoms with van der Waals surface area (Å²) >= 11 is 0. The maximum Gasteiger partial charge on any atom is 0.123 e. The Hall–Kier alpha value is -0.921. The number of ether oxygens (including phenoxy) is 2. The van der Waals surface area contributed by atoms with Gasteiger partial charge < -0.3 is 9.47 Å². The van der Waals surface area contributed by atoms with E-state index in [0.717, 1.165) is 17.1 Å². The monoisotopic (exact) mass is 348 g/mol. The molecular formula is C20H20FeO2. The van der Waals surface area contributed by atoms with Gasteiger partial charge in [-0.3, -0.25) is 0 Å². The Balaban J connectivity index is 0.000000377. The average Bonchev–Trinajstić information content (AvgIpc) is 3.28. The summed E-state index contributed by atoms with van der Waals surface area (Å²) in [7, 11) is 3.30. The van der Waals surface area contributed by atoms with E-state index in [9.17, 15) is 0 Å². The van der Waals surface area contributed by atoms with E-state index in [1.165, 1.54) is 5.92 Å². The second kappa shape index (κ2) is 11.6. The van der Waals surface area contributed by atoms with E-state index in [-0.39, 0.29) is 17.1 Å². The standard InChI is InChI=1S/C15H15O2.C5H5.Fe/c1-16-14-9-13(10-15(11-14)17-2)8-7-12-5-3-4-6-12;1-2-4-5-3-1;/h3-11H,1-2H3;1-5H;/b8-7+;;. The largest absolute Gasteiger partial charge is 0.497 e. The molecule has 0 atom stereocenters. The minimum Gasteiger partial charge on any atom is -0.497 e. The molecule has 0 saturated heterocycles. The molecule has 2 aliphatic rings. The molecule has 0 N–H and O–H groups in total. The van der Waals surface area contributed by atoms with Crippen LogP contribution < -0.4 is 9.47 Å². The topological polar surface area (TPSA) is 18.5 Å². The molecule has 1 aromatic rings. The Morgan fingerprint density at radius 1 is 0.652 bits per heavy atom. The van der Waals surface area contributed by atoms with Crippen molar-refractivity contribution in [1.82, 2.24) is 0 Å². The van der Waals surface area contributed by atoms with Crippen LogP contribution in [0.15, 0.2) is 24.3 Å². The summed E-state index contributed by atoms with van der Waals surface area (Å²) in [6, 6.07) is 5.81. The maximum absolute atomic E-state index is 5.22. The quantitative estimate of drug-likeness (QED) is 0.762. The molecule has 0 aliphatic heterocycles. The van der Waals surface area contributed by atoms with Gasteiger partial charge in [-0.1, -0.05) is 12.2 Å². The van der Waals surface area contributed by atoms with Gasteiger partial charge in [-0.25, -0.2) is 0 Å². The fourth-order valence-corrected chi connectivity index (χ4v) is 1.94. The molecule has 10 radical (unpaired) electrons. The third-order valence-electron chi connectivity index (χ3n) is 3.09. The van der Waals surface area contributed by atoms with E-state index in [1.807, 2.05) is 69.2 Å². The van der Waals surface area contributed by atoms with Crippen molar-refractivity contribution in [2.24, 2.45) is 0 Å². The van der Waals surface area contributed by atoms with E-state index < -0.39 is 0 Å². The third-order valence-corrected chi connectivity index (χ3v) is 3.09. The molecule has 2 fully saturated rings. The minimum absolute atomic E-state index is 0. The Labute approximate surface area is 152 Å². The summed E-state index contributed by atoms with van der Waals surface area (Å²) < 4.78 is 10.4. The fourth-order valence-electron chi connectivity index (χ4n) is 1.94. The molecule has 3 heteroatoms. The molecule has 0 aromatic heterocycles. The molecule has 1 aromatic carbocycles. The van der Waals surface area contributed by atoms with Crippen LogP contribution in [0.4, 0.5) is 0 Å². The molecule has 2 nitrogen and oxygen atoms in total. The Kier molecular flexibility index (Phi) is 10.1. The van der Waals surface area contributed by atoms with Gasteiger partial charge in [-0.15, -0.1) is 0 Å². The first kappa shape index (κ1) is 20.1. The number of benzene rings is 1. The molecule has 0 amide bonds. The molecule has 2 aliphatic carbocycles. The Bertz CT molecular complexity index is 431. The van der Waals surface area contributed by atoms with Crippen LogP contribution in [0.5, 0.6) is 11.5 Å². The van der Waals surface area contributed by atoms with Crippen molar-refractivity contribution in [2.45, 2.75) is 0 Å². The molecule has 0 heterocycles. The smallest absolute Gasteiger partial charge is 0.123 e. The van der Waals surface area contributed by atoms with Crippen molar-refractivity contribution in [3.63, 3.8) is 0 Å². The van der Waals surface area contributed by atoms with E-state index >= 15 is 0 Å². The van der Waals surface area contributed by atoms with Gasteiger partial charge in [0.15, 0.2) is 0 Å². The number of hydrogen-bond acceptors (Lipinski definition) is 2. The van der Waals surface area contributed by atoms with Crippen LogP contribution in [-0.4, -0.2) is 14.2 Å². The normalized spacial score (nSPS) is 17.5. The van der Waals surface area contributed by atoms with Gasteiger partial charge in [0.05, 0.1) is 14.2 Å². The second-order valence-electron chi connectivity index (χ2n) is 4.66. The summed E-state index contributed by atoms with van der Waals surface area (Å²) in [5.74, 6) is 2.78. The predicted molar refractivity (Wildman–Crippen MR) is 90.5 cm³/mol. The fraction of sp³-hybridized carbons (Fsp3) is 0.100. The third kappa shape index (κ3) is 7.46. The van der Waals surface area contributed by atoms with E-state index in [0.29, 0.717) is 0 Å². The van der Waals surface area contributed by atoms with Crippen molar-refractivity contribution in [2.75, 3.05) is 14.2 Å². The van der Waals surface area contributed by atoms with Crippen molar-refractivity contribution >= 4 is 6.08 Å². The predicted octanol–water partition coefficient (Wildman–Crippen LogP) is 4.14. The molecule has 0 spiro atoms. The summed E-state index contributed by atoms with van der Waals surface area (Å²) in [6.45, 7) is 0. The van der Waals surface area contributed by atoms with Crippen LogP contribution in [-0.2, 0) is 17.1 Å². The van der Waals surface area contributed by atoms with E-state index in [4.69, 9.17) is 9.47 Å². The van der Waals surface area contributed by atoms with Gasteiger partial charge in [0.2, 0.25) is 0 Å². The Morgan fingerprint density at radius 2 is 1.13 bits per heavy atom. The zero-order chi connectivity index (χ0) is 15.6.